The summed E-state index contributed by atoms with van der Waals surface area (Å²) in [4.78, 5) is 17.6. The molecule has 0 bridgehead atoms. The van der Waals surface area contributed by atoms with Gasteiger partial charge in [0, 0.05) is 5.56 Å². The smallest absolute Gasteiger partial charge is 0.199 e. The second kappa shape index (κ2) is 4.75. The largest absolute Gasteiger partial charge is 0.507 e. The fourth-order valence-corrected chi connectivity index (χ4v) is 2.11. The van der Waals surface area contributed by atoms with Crippen molar-refractivity contribution in [1.82, 2.24) is 0 Å². The van der Waals surface area contributed by atoms with Gasteiger partial charge in [-0.2, -0.15) is 0 Å². The zero-order valence-electron chi connectivity index (χ0n) is 10.7. The number of nitrogens with one attached hydrogen (secondary N) is 1. The van der Waals surface area contributed by atoms with E-state index in [0.29, 0.717) is 5.56 Å². The molecule has 1 aliphatic heterocycles. The summed E-state index contributed by atoms with van der Waals surface area (Å²) < 4.78 is 0. The third-order valence-electron chi connectivity index (χ3n) is 3.18. The number of ketones is 1. The molecule has 0 unspecified atom stereocenters. The summed E-state index contributed by atoms with van der Waals surface area (Å²) >= 11 is 0. The van der Waals surface area contributed by atoms with Gasteiger partial charge in [-0.25, -0.2) is 5.48 Å². The Morgan fingerprint density at radius 3 is 2.43 bits per heavy atom. The molecule has 0 spiro atoms. The summed E-state index contributed by atoms with van der Waals surface area (Å²) in [5.74, 6) is -1.37. The minimum Gasteiger partial charge on any atom is -0.507 e. The third-order valence-corrected chi connectivity index (χ3v) is 3.18. The average molecular weight is 285 g/mol. The Hall–Kier alpha value is -3.15. The zero-order chi connectivity index (χ0) is 15.0. The van der Waals surface area contributed by atoms with Gasteiger partial charge in [-0.3, -0.25) is 4.79 Å². The average Bonchev–Trinajstić information content (AvgIpc) is 2.64. The standard InChI is InChI=1S/C15H11NO5/c17-11-4-2-1-3-8(11)10-7-21-16-13-9(14(10)19)5-6-12(18)15(13)20/h1-7,16-18,20H. The van der Waals surface area contributed by atoms with Gasteiger partial charge in [-0.1, -0.05) is 18.2 Å². The van der Waals surface area contributed by atoms with Crippen LogP contribution < -0.4 is 5.48 Å². The lowest BCUT2D eigenvalue weighted by Crippen LogP contribution is -2.03. The molecule has 0 aromatic heterocycles. The van der Waals surface area contributed by atoms with Crippen LogP contribution in [0.4, 0.5) is 5.69 Å². The quantitative estimate of drug-likeness (QED) is 0.600. The molecular weight excluding hydrogens is 274 g/mol. The molecule has 6 nitrogen and oxygen atoms in total. The molecule has 4 N–H and O–H groups in total. The van der Waals surface area contributed by atoms with E-state index in [1.54, 1.807) is 18.2 Å². The van der Waals surface area contributed by atoms with Crippen LogP contribution in [-0.4, -0.2) is 21.1 Å². The third kappa shape index (κ3) is 2.02. The summed E-state index contributed by atoms with van der Waals surface area (Å²) in [6.07, 6.45) is 1.15. The number of hydrogen-bond donors (Lipinski definition) is 4. The number of aromatic hydroxyl groups is 3. The van der Waals surface area contributed by atoms with Gasteiger partial charge in [0.05, 0.1) is 11.1 Å². The van der Waals surface area contributed by atoms with Crippen LogP contribution in [0.25, 0.3) is 5.57 Å². The Bertz CT molecular complexity index is 767. The summed E-state index contributed by atoms with van der Waals surface area (Å²) in [5, 5.41) is 29.1. The first-order chi connectivity index (χ1) is 10.1. The van der Waals surface area contributed by atoms with Crippen molar-refractivity contribution in [2.24, 2.45) is 0 Å². The molecule has 2 aromatic carbocycles. The van der Waals surface area contributed by atoms with Crippen molar-refractivity contribution in [2.75, 3.05) is 5.48 Å². The zero-order valence-corrected chi connectivity index (χ0v) is 10.7. The maximum Gasteiger partial charge on any atom is 0.199 e. The number of rotatable bonds is 1. The first-order valence-electron chi connectivity index (χ1n) is 6.09. The number of hydrogen-bond acceptors (Lipinski definition) is 6. The summed E-state index contributed by atoms with van der Waals surface area (Å²) in [6.45, 7) is 0. The minimum atomic E-state index is -0.479. The predicted molar refractivity (Wildman–Crippen MR) is 74.9 cm³/mol. The molecule has 106 valence electrons. The van der Waals surface area contributed by atoms with Crippen LogP contribution in [0.15, 0.2) is 42.7 Å². The first-order valence-corrected chi connectivity index (χ1v) is 6.09. The van der Waals surface area contributed by atoms with Gasteiger partial charge in [-0.05, 0) is 18.2 Å². The Balaban J connectivity index is 2.14. The van der Waals surface area contributed by atoms with E-state index in [0.717, 1.165) is 6.26 Å². The molecule has 3 rings (SSSR count). The maximum absolute atomic E-state index is 12.6. The molecule has 0 radical (unpaired) electrons. The number of para-hydroxylation sites is 1. The number of anilines is 1. The highest BCUT2D eigenvalue weighted by atomic mass is 16.6. The molecule has 2 aromatic rings. The highest BCUT2D eigenvalue weighted by Gasteiger charge is 2.26. The minimum absolute atomic E-state index is 0.0262. The lowest BCUT2D eigenvalue weighted by Gasteiger charge is -2.10. The molecule has 21 heavy (non-hydrogen) atoms. The van der Waals surface area contributed by atoms with E-state index >= 15 is 0 Å². The molecule has 0 saturated carbocycles. The van der Waals surface area contributed by atoms with Crippen LogP contribution in [0, 0.1) is 0 Å². The number of phenols is 3. The molecule has 1 aliphatic rings. The molecule has 0 saturated heterocycles. The fraction of sp³-hybridized carbons (Fsp3) is 0. The van der Waals surface area contributed by atoms with E-state index in [2.05, 4.69) is 5.48 Å². The molecule has 0 atom stereocenters. The highest BCUT2D eigenvalue weighted by Crippen LogP contribution is 2.40. The van der Waals surface area contributed by atoms with Crippen molar-refractivity contribution >= 4 is 17.0 Å². The van der Waals surface area contributed by atoms with Gasteiger partial charge in [0.2, 0.25) is 0 Å². The lowest BCUT2D eigenvalue weighted by molar-refractivity contribution is 0.105. The van der Waals surface area contributed by atoms with Crippen molar-refractivity contribution in [3.8, 4) is 17.2 Å². The van der Waals surface area contributed by atoms with Crippen molar-refractivity contribution in [3.05, 3.63) is 53.8 Å². The highest BCUT2D eigenvalue weighted by molar-refractivity contribution is 6.31. The van der Waals surface area contributed by atoms with E-state index in [9.17, 15) is 20.1 Å². The van der Waals surface area contributed by atoms with Crippen LogP contribution in [0.3, 0.4) is 0 Å². The number of phenolic OH excluding ortho intramolecular Hbond substituents is 3. The molecule has 1 heterocycles. The van der Waals surface area contributed by atoms with Crippen molar-refractivity contribution < 1.29 is 25.0 Å². The van der Waals surface area contributed by atoms with Crippen LogP contribution in [0.1, 0.15) is 15.9 Å². The number of Topliss-reactive ketones (excluding diaryl/α,β-unsaturated/α-hetero) is 1. The van der Waals surface area contributed by atoms with Gasteiger partial charge in [-0.15, -0.1) is 0 Å². The topological polar surface area (TPSA) is 99.0 Å². The maximum atomic E-state index is 12.6. The second-order valence-corrected chi connectivity index (χ2v) is 4.45. The second-order valence-electron chi connectivity index (χ2n) is 4.45. The summed E-state index contributed by atoms with van der Waals surface area (Å²) in [7, 11) is 0. The number of allylic oxidation sites excluding steroid dienone is 1. The van der Waals surface area contributed by atoms with E-state index < -0.39 is 11.5 Å². The summed E-state index contributed by atoms with van der Waals surface area (Å²) in [5.41, 5.74) is 2.93. The Kier molecular flexibility index (Phi) is 2.91. The van der Waals surface area contributed by atoms with E-state index in [4.69, 9.17) is 4.84 Å². The van der Waals surface area contributed by atoms with Crippen LogP contribution in [0.5, 0.6) is 17.2 Å². The Morgan fingerprint density at radius 2 is 1.67 bits per heavy atom. The molecule has 6 heteroatoms. The van der Waals surface area contributed by atoms with Crippen molar-refractivity contribution in [1.29, 1.82) is 0 Å². The van der Waals surface area contributed by atoms with E-state index in [1.807, 2.05) is 0 Å². The van der Waals surface area contributed by atoms with Crippen LogP contribution >= 0.6 is 0 Å². The molecular formula is C15H11NO5. The summed E-state index contributed by atoms with van der Waals surface area (Å²) in [6, 6.07) is 8.92. The lowest BCUT2D eigenvalue weighted by atomic mass is 9.96. The van der Waals surface area contributed by atoms with Crippen LogP contribution in [-0.2, 0) is 4.84 Å². The number of carbonyl (C=O) groups is 1. The van der Waals surface area contributed by atoms with Crippen molar-refractivity contribution in [3.63, 3.8) is 0 Å². The number of fused-ring (bicyclic) bond motifs is 1. The van der Waals surface area contributed by atoms with Crippen LogP contribution in [0.2, 0.25) is 0 Å². The van der Waals surface area contributed by atoms with Gasteiger partial charge in [0.15, 0.2) is 17.3 Å². The van der Waals surface area contributed by atoms with Gasteiger partial charge in [0.25, 0.3) is 0 Å². The SMILES string of the molecule is O=C1C(c2ccccc2O)=CONc2c1ccc(O)c2O. The predicted octanol–water partition coefficient (Wildman–Crippen LogP) is 2.38. The molecule has 0 aliphatic carbocycles. The first kappa shape index (κ1) is 12.9. The Morgan fingerprint density at radius 1 is 0.905 bits per heavy atom. The van der Waals surface area contributed by atoms with Crippen molar-refractivity contribution in [2.45, 2.75) is 0 Å². The normalized spacial score (nSPS) is 13.5. The molecule has 0 amide bonds. The number of benzene rings is 2. The van der Waals surface area contributed by atoms with E-state index in [-0.39, 0.29) is 28.3 Å². The van der Waals surface area contributed by atoms with Gasteiger partial charge in [0.1, 0.15) is 17.7 Å². The Labute approximate surface area is 119 Å². The monoisotopic (exact) mass is 285 g/mol. The van der Waals surface area contributed by atoms with Gasteiger partial charge >= 0.3 is 0 Å². The fourth-order valence-electron chi connectivity index (χ4n) is 2.11. The van der Waals surface area contributed by atoms with Gasteiger partial charge < -0.3 is 20.2 Å². The van der Waals surface area contributed by atoms with E-state index in [1.165, 1.54) is 18.2 Å². The molecule has 0 fully saturated rings. The number of carbonyl (C=O) groups excluding carboxylic acids is 1.